The van der Waals surface area contributed by atoms with E-state index in [0.717, 1.165) is 16.9 Å². The summed E-state index contributed by atoms with van der Waals surface area (Å²) in [5.41, 5.74) is 1.78. The molecule has 0 aliphatic rings. The lowest BCUT2D eigenvalue weighted by molar-refractivity contribution is 0.0358. The van der Waals surface area contributed by atoms with Crippen LogP contribution in [0.3, 0.4) is 0 Å². The van der Waals surface area contributed by atoms with Gasteiger partial charge in [-0.3, -0.25) is 0 Å². The molecular formula is C13H21NO3. The Bertz CT molecular complexity index is 371. The summed E-state index contributed by atoms with van der Waals surface area (Å²) in [6.07, 6.45) is -0.716. The average Bonchev–Trinajstić information content (AvgIpc) is 2.27. The van der Waals surface area contributed by atoms with E-state index in [2.05, 4.69) is 25.6 Å². The lowest BCUT2D eigenvalue weighted by atomic mass is 9.85. The largest absolute Gasteiger partial charge is 0.496 e. The van der Waals surface area contributed by atoms with Gasteiger partial charge < -0.3 is 14.7 Å². The van der Waals surface area contributed by atoms with E-state index in [4.69, 9.17) is 10.6 Å². The molecule has 0 radical (unpaired) electrons. The van der Waals surface area contributed by atoms with E-state index >= 15 is 0 Å². The minimum atomic E-state index is -0.716. The Labute approximate surface area is 102 Å². The van der Waals surface area contributed by atoms with E-state index in [1.165, 1.54) is 0 Å². The van der Waals surface area contributed by atoms with E-state index in [-0.39, 0.29) is 12.0 Å². The fourth-order valence-corrected chi connectivity index (χ4v) is 1.71. The van der Waals surface area contributed by atoms with Crippen LogP contribution in [0.1, 0.15) is 38.0 Å². The number of rotatable bonds is 4. The summed E-state index contributed by atoms with van der Waals surface area (Å²) in [4.78, 5) is 4.46. The molecular weight excluding hydrogens is 218 g/mol. The van der Waals surface area contributed by atoms with Crippen LogP contribution in [-0.2, 0) is 10.3 Å². The minimum absolute atomic E-state index is 0.0509. The number of aliphatic hydroxyl groups is 1. The quantitative estimate of drug-likeness (QED) is 0.788. The second kappa shape index (κ2) is 5.49. The molecule has 1 aromatic carbocycles. The maximum atomic E-state index is 9.83. The zero-order chi connectivity index (χ0) is 13.1. The maximum absolute atomic E-state index is 9.83. The predicted molar refractivity (Wildman–Crippen MR) is 66.8 cm³/mol. The van der Waals surface area contributed by atoms with Crippen LogP contribution in [-0.4, -0.2) is 18.8 Å². The van der Waals surface area contributed by atoms with Gasteiger partial charge in [0, 0.05) is 0 Å². The summed E-state index contributed by atoms with van der Waals surface area (Å²) in [5.74, 6) is 5.78. The van der Waals surface area contributed by atoms with Crippen LogP contribution in [0, 0.1) is 0 Å². The molecule has 1 unspecified atom stereocenters. The highest BCUT2D eigenvalue weighted by atomic mass is 16.6. The van der Waals surface area contributed by atoms with Gasteiger partial charge in [-0.05, 0) is 28.7 Å². The second-order valence-electron chi connectivity index (χ2n) is 5.06. The first-order valence-corrected chi connectivity index (χ1v) is 5.58. The molecule has 1 aromatic rings. The molecule has 0 amide bonds. The summed E-state index contributed by atoms with van der Waals surface area (Å²) >= 11 is 0. The fourth-order valence-electron chi connectivity index (χ4n) is 1.71. The number of methoxy groups -OCH3 is 1. The third-order valence-electron chi connectivity index (χ3n) is 2.67. The van der Waals surface area contributed by atoms with E-state index in [0.29, 0.717) is 0 Å². The zero-order valence-electron chi connectivity index (χ0n) is 10.9. The van der Waals surface area contributed by atoms with Crippen LogP contribution in [0.2, 0.25) is 0 Å². The van der Waals surface area contributed by atoms with Crippen molar-refractivity contribution in [2.24, 2.45) is 5.90 Å². The first-order chi connectivity index (χ1) is 7.90. The minimum Gasteiger partial charge on any atom is -0.496 e. The molecule has 4 nitrogen and oxygen atoms in total. The van der Waals surface area contributed by atoms with Crippen molar-refractivity contribution in [2.75, 3.05) is 13.7 Å². The predicted octanol–water partition coefficient (Wildman–Crippen LogP) is 1.92. The lowest BCUT2D eigenvalue weighted by Gasteiger charge is -2.23. The van der Waals surface area contributed by atoms with Gasteiger partial charge in [-0.15, -0.1) is 0 Å². The topological polar surface area (TPSA) is 64.7 Å². The molecule has 0 aliphatic heterocycles. The molecule has 0 aliphatic carbocycles. The second-order valence-corrected chi connectivity index (χ2v) is 5.06. The Morgan fingerprint density at radius 1 is 1.35 bits per heavy atom. The Kier molecular flexibility index (Phi) is 4.51. The number of benzene rings is 1. The molecule has 3 N–H and O–H groups in total. The van der Waals surface area contributed by atoms with Crippen molar-refractivity contribution < 1.29 is 14.7 Å². The number of ether oxygens (including phenoxy) is 1. The Morgan fingerprint density at radius 3 is 2.47 bits per heavy atom. The van der Waals surface area contributed by atoms with Crippen LogP contribution >= 0.6 is 0 Å². The van der Waals surface area contributed by atoms with Gasteiger partial charge in [0.15, 0.2) is 0 Å². The normalized spacial score (nSPS) is 13.5. The van der Waals surface area contributed by atoms with Crippen molar-refractivity contribution in [2.45, 2.75) is 32.3 Å². The van der Waals surface area contributed by atoms with Crippen molar-refractivity contribution in [3.63, 3.8) is 0 Å². The molecule has 17 heavy (non-hydrogen) atoms. The van der Waals surface area contributed by atoms with E-state index in [1.807, 2.05) is 18.2 Å². The van der Waals surface area contributed by atoms with Crippen LogP contribution in [0.4, 0.5) is 0 Å². The van der Waals surface area contributed by atoms with Crippen molar-refractivity contribution in [1.82, 2.24) is 0 Å². The van der Waals surface area contributed by atoms with Crippen LogP contribution in [0.5, 0.6) is 5.75 Å². The van der Waals surface area contributed by atoms with Crippen molar-refractivity contribution in [3.05, 3.63) is 29.3 Å². The first-order valence-electron chi connectivity index (χ1n) is 5.58. The Morgan fingerprint density at radius 2 is 2.00 bits per heavy atom. The molecule has 0 spiro atoms. The molecule has 96 valence electrons. The van der Waals surface area contributed by atoms with Gasteiger partial charge in [-0.25, -0.2) is 5.90 Å². The third kappa shape index (κ3) is 3.43. The Balaban J connectivity index is 3.13. The summed E-state index contributed by atoms with van der Waals surface area (Å²) in [5, 5.41) is 9.83. The third-order valence-corrected chi connectivity index (χ3v) is 2.67. The van der Waals surface area contributed by atoms with Crippen LogP contribution in [0.15, 0.2) is 18.2 Å². The van der Waals surface area contributed by atoms with E-state index < -0.39 is 6.10 Å². The SMILES string of the molecule is COc1ccc(C(O)CON)cc1C(C)(C)C. The van der Waals surface area contributed by atoms with Gasteiger partial charge in [0.05, 0.1) is 13.7 Å². The molecule has 0 saturated carbocycles. The number of aliphatic hydroxyl groups excluding tert-OH is 1. The number of hydrogen-bond acceptors (Lipinski definition) is 4. The van der Waals surface area contributed by atoms with Crippen LogP contribution in [0.25, 0.3) is 0 Å². The van der Waals surface area contributed by atoms with E-state index in [1.54, 1.807) is 7.11 Å². The van der Waals surface area contributed by atoms with Gasteiger partial charge in [0.2, 0.25) is 0 Å². The highest BCUT2D eigenvalue weighted by Crippen LogP contribution is 2.33. The molecule has 0 saturated heterocycles. The van der Waals surface area contributed by atoms with Gasteiger partial charge in [0.25, 0.3) is 0 Å². The van der Waals surface area contributed by atoms with Gasteiger partial charge >= 0.3 is 0 Å². The molecule has 4 heteroatoms. The van der Waals surface area contributed by atoms with Crippen LogP contribution < -0.4 is 10.6 Å². The highest BCUT2D eigenvalue weighted by Gasteiger charge is 2.20. The smallest absolute Gasteiger partial charge is 0.122 e. The number of nitrogens with two attached hydrogens (primary N) is 1. The zero-order valence-corrected chi connectivity index (χ0v) is 10.9. The van der Waals surface area contributed by atoms with Crippen molar-refractivity contribution in [1.29, 1.82) is 0 Å². The Hall–Kier alpha value is -1.10. The fraction of sp³-hybridized carbons (Fsp3) is 0.538. The molecule has 1 atom stereocenters. The van der Waals surface area contributed by atoms with Crippen molar-refractivity contribution >= 4 is 0 Å². The molecule has 0 heterocycles. The molecule has 1 rings (SSSR count). The number of hydrogen-bond donors (Lipinski definition) is 2. The van der Waals surface area contributed by atoms with E-state index in [9.17, 15) is 5.11 Å². The van der Waals surface area contributed by atoms with Gasteiger partial charge in [0.1, 0.15) is 11.9 Å². The monoisotopic (exact) mass is 239 g/mol. The summed E-state index contributed by atoms with van der Waals surface area (Å²) in [6.45, 7) is 6.37. The highest BCUT2D eigenvalue weighted by molar-refractivity contribution is 5.42. The maximum Gasteiger partial charge on any atom is 0.122 e. The summed E-state index contributed by atoms with van der Waals surface area (Å²) in [6, 6.07) is 5.61. The van der Waals surface area contributed by atoms with Gasteiger partial charge in [-0.2, -0.15) is 0 Å². The summed E-state index contributed by atoms with van der Waals surface area (Å²) < 4.78 is 5.33. The standard InChI is InChI=1S/C13H21NO3/c1-13(2,3)10-7-9(11(15)8-17-14)5-6-12(10)16-4/h5-7,11,15H,8,14H2,1-4H3. The average molecular weight is 239 g/mol. The molecule has 0 fully saturated rings. The van der Waals surface area contributed by atoms with Crippen molar-refractivity contribution in [3.8, 4) is 5.75 Å². The summed E-state index contributed by atoms with van der Waals surface area (Å²) in [7, 11) is 1.64. The molecule has 0 aromatic heterocycles. The van der Waals surface area contributed by atoms with Gasteiger partial charge in [-0.1, -0.05) is 26.8 Å². The lowest BCUT2D eigenvalue weighted by Crippen LogP contribution is -2.15. The molecule has 0 bridgehead atoms. The first kappa shape index (κ1) is 14.0.